The van der Waals surface area contributed by atoms with Crippen molar-refractivity contribution >= 4 is 0 Å². The van der Waals surface area contributed by atoms with Crippen molar-refractivity contribution in [1.29, 1.82) is 0 Å². The Labute approximate surface area is 76.2 Å². The van der Waals surface area contributed by atoms with E-state index in [0.29, 0.717) is 0 Å². The molecule has 1 atom stereocenters. The third-order valence-electron chi connectivity index (χ3n) is 2.47. The van der Waals surface area contributed by atoms with Crippen molar-refractivity contribution in [2.24, 2.45) is 11.8 Å². The van der Waals surface area contributed by atoms with Crippen LogP contribution in [0.2, 0.25) is 0 Å². The van der Waals surface area contributed by atoms with E-state index >= 15 is 0 Å². The van der Waals surface area contributed by atoms with Crippen molar-refractivity contribution in [3.8, 4) is 0 Å². The second kappa shape index (κ2) is 4.66. The minimum atomic E-state index is 0.773. The first-order valence-corrected chi connectivity index (χ1v) is 5.06. The van der Waals surface area contributed by atoms with E-state index in [1.807, 2.05) is 0 Å². The van der Waals surface area contributed by atoms with Crippen LogP contribution in [-0.2, 0) is 0 Å². The standard InChI is InChI=1S/C11H21N/c1-9(2)7-12-8-11-5-4-10(3)6-11/h9,11-12H,3-8H2,1-2H3. The highest BCUT2D eigenvalue weighted by Gasteiger charge is 2.16. The van der Waals surface area contributed by atoms with E-state index in [0.717, 1.165) is 18.4 Å². The number of hydrogen-bond acceptors (Lipinski definition) is 1. The van der Waals surface area contributed by atoms with Crippen molar-refractivity contribution in [3.63, 3.8) is 0 Å². The van der Waals surface area contributed by atoms with E-state index in [4.69, 9.17) is 0 Å². The van der Waals surface area contributed by atoms with Gasteiger partial charge in [-0.2, -0.15) is 0 Å². The number of nitrogens with one attached hydrogen (secondary N) is 1. The molecule has 0 heterocycles. The maximum Gasteiger partial charge on any atom is -0.00172 e. The van der Waals surface area contributed by atoms with Crippen LogP contribution >= 0.6 is 0 Å². The number of rotatable bonds is 4. The summed E-state index contributed by atoms with van der Waals surface area (Å²) in [7, 11) is 0. The SMILES string of the molecule is C=C1CCC(CNCC(C)C)C1. The van der Waals surface area contributed by atoms with Crippen LogP contribution in [0.3, 0.4) is 0 Å². The Hall–Kier alpha value is -0.300. The summed E-state index contributed by atoms with van der Waals surface area (Å²) >= 11 is 0. The average molecular weight is 167 g/mol. The lowest BCUT2D eigenvalue weighted by molar-refractivity contribution is 0.462. The summed E-state index contributed by atoms with van der Waals surface area (Å²) in [5.41, 5.74) is 1.45. The third kappa shape index (κ3) is 3.40. The van der Waals surface area contributed by atoms with Crippen LogP contribution in [-0.4, -0.2) is 13.1 Å². The van der Waals surface area contributed by atoms with Gasteiger partial charge in [0.05, 0.1) is 0 Å². The minimum Gasteiger partial charge on any atom is -0.316 e. The molecule has 1 rings (SSSR count). The van der Waals surface area contributed by atoms with E-state index in [1.54, 1.807) is 0 Å². The van der Waals surface area contributed by atoms with Crippen molar-refractivity contribution in [3.05, 3.63) is 12.2 Å². The quantitative estimate of drug-likeness (QED) is 0.635. The van der Waals surface area contributed by atoms with Crippen LogP contribution in [0, 0.1) is 11.8 Å². The molecule has 1 N–H and O–H groups in total. The molecule has 1 saturated carbocycles. The molecule has 1 nitrogen and oxygen atoms in total. The Kier molecular flexibility index (Phi) is 3.80. The molecule has 12 heavy (non-hydrogen) atoms. The molecule has 0 amide bonds. The van der Waals surface area contributed by atoms with E-state index in [2.05, 4.69) is 25.7 Å². The monoisotopic (exact) mass is 167 g/mol. The lowest BCUT2D eigenvalue weighted by Gasteiger charge is -2.11. The summed E-state index contributed by atoms with van der Waals surface area (Å²) in [6.45, 7) is 10.9. The maximum absolute atomic E-state index is 4.02. The zero-order chi connectivity index (χ0) is 8.97. The zero-order valence-corrected chi connectivity index (χ0v) is 8.40. The summed E-state index contributed by atoms with van der Waals surface area (Å²) in [4.78, 5) is 0. The van der Waals surface area contributed by atoms with Gasteiger partial charge in [0.15, 0.2) is 0 Å². The lowest BCUT2D eigenvalue weighted by atomic mass is 10.1. The third-order valence-corrected chi connectivity index (χ3v) is 2.47. The Morgan fingerprint density at radius 3 is 2.83 bits per heavy atom. The number of allylic oxidation sites excluding steroid dienone is 1. The average Bonchev–Trinajstić information content (AvgIpc) is 2.35. The first-order chi connectivity index (χ1) is 5.68. The summed E-state index contributed by atoms with van der Waals surface area (Å²) in [6.07, 6.45) is 3.86. The van der Waals surface area contributed by atoms with Crippen molar-refractivity contribution < 1.29 is 0 Å². The molecular formula is C11H21N. The molecule has 1 aliphatic rings. The van der Waals surface area contributed by atoms with Gasteiger partial charge in [-0.15, -0.1) is 0 Å². The van der Waals surface area contributed by atoms with Gasteiger partial charge in [0.25, 0.3) is 0 Å². The van der Waals surface area contributed by atoms with Crippen LogP contribution in [0.1, 0.15) is 33.1 Å². The van der Waals surface area contributed by atoms with E-state index in [-0.39, 0.29) is 0 Å². The predicted octanol–water partition coefficient (Wildman–Crippen LogP) is 2.59. The molecule has 0 spiro atoms. The zero-order valence-electron chi connectivity index (χ0n) is 8.40. The highest BCUT2D eigenvalue weighted by Crippen LogP contribution is 2.27. The molecule has 0 aliphatic heterocycles. The van der Waals surface area contributed by atoms with Gasteiger partial charge >= 0.3 is 0 Å². The number of hydrogen-bond donors (Lipinski definition) is 1. The second-order valence-corrected chi connectivity index (χ2v) is 4.41. The molecule has 0 radical (unpaired) electrons. The molecule has 0 aromatic heterocycles. The van der Waals surface area contributed by atoms with Gasteiger partial charge in [-0.05, 0) is 44.2 Å². The van der Waals surface area contributed by atoms with Crippen LogP contribution < -0.4 is 5.32 Å². The predicted molar refractivity (Wildman–Crippen MR) is 54.2 cm³/mol. The molecule has 1 fully saturated rings. The Bertz CT molecular complexity index is 149. The Balaban J connectivity index is 2.04. The van der Waals surface area contributed by atoms with Crippen LogP contribution in [0.15, 0.2) is 12.2 Å². The van der Waals surface area contributed by atoms with Crippen molar-refractivity contribution in [1.82, 2.24) is 5.32 Å². The van der Waals surface area contributed by atoms with E-state index < -0.39 is 0 Å². The van der Waals surface area contributed by atoms with Gasteiger partial charge in [0.2, 0.25) is 0 Å². The summed E-state index contributed by atoms with van der Waals surface area (Å²) in [5.74, 6) is 1.64. The fraction of sp³-hybridized carbons (Fsp3) is 0.818. The molecule has 70 valence electrons. The van der Waals surface area contributed by atoms with Crippen LogP contribution in [0.5, 0.6) is 0 Å². The smallest absolute Gasteiger partial charge is 0.00172 e. The normalized spacial score (nSPS) is 23.9. The van der Waals surface area contributed by atoms with Gasteiger partial charge in [-0.1, -0.05) is 26.0 Å². The minimum absolute atomic E-state index is 0.773. The molecule has 0 saturated heterocycles. The molecular weight excluding hydrogens is 146 g/mol. The van der Waals surface area contributed by atoms with Crippen LogP contribution in [0.25, 0.3) is 0 Å². The second-order valence-electron chi connectivity index (χ2n) is 4.41. The Morgan fingerprint density at radius 2 is 2.33 bits per heavy atom. The molecule has 1 aliphatic carbocycles. The van der Waals surface area contributed by atoms with Gasteiger partial charge < -0.3 is 5.32 Å². The summed E-state index contributed by atoms with van der Waals surface area (Å²) in [6, 6.07) is 0. The molecule has 1 unspecified atom stereocenters. The maximum atomic E-state index is 4.02. The highest BCUT2D eigenvalue weighted by atomic mass is 14.9. The largest absolute Gasteiger partial charge is 0.316 e. The van der Waals surface area contributed by atoms with E-state index in [1.165, 1.54) is 31.4 Å². The van der Waals surface area contributed by atoms with Gasteiger partial charge in [-0.25, -0.2) is 0 Å². The first-order valence-electron chi connectivity index (χ1n) is 5.06. The van der Waals surface area contributed by atoms with Gasteiger partial charge in [0.1, 0.15) is 0 Å². The first kappa shape index (κ1) is 9.79. The van der Waals surface area contributed by atoms with Gasteiger partial charge in [-0.3, -0.25) is 0 Å². The molecule has 0 aromatic rings. The molecule has 1 heteroatoms. The summed E-state index contributed by atoms with van der Waals surface area (Å²) < 4.78 is 0. The summed E-state index contributed by atoms with van der Waals surface area (Å²) in [5, 5.41) is 3.51. The van der Waals surface area contributed by atoms with E-state index in [9.17, 15) is 0 Å². The highest BCUT2D eigenvalue weighted by molar-refractivity contribution is 5.02. The fourth-order valence-corrected chi connectivity index (χ4v) is 1.77. The Morgan fingerprint density at radius 1 is 1.58 bits per heavy atom. The molecule has 0 bridgehead atoms. The fourth-order valence-electron chi connectivity index (χ4n) is 1.77. The van der Waals surface area contributed by atoms with Crippen molar-refractivity contribution in [2.45, 2.75) is 33.1 Å². The van der Waals surface area contributed by atoms with Gasteiger partial charge in [0, 0.05) is 0 Å². The lowest BCUT2D eigenvalue weighted by Crippen LogP contribution is -2.25. The van der Waals surface area contributed by atoms with Crippen LogP contribution in [0.4, 0.5) is 0 Å². The molecule has 0 aromatic carbocycles. The topological polar surface area (TPSA) is 12.0 Å². The van der Waals surface area contributed by atoms with Crippen molar-refractivity contribution in [2.75, 3.05) is 13.1 Å².